The quantitative estimate of drug-likeness (QED) is 0.598. The molecule has 1 unspecified atom stereocenters. The van der Waals surface area contributed by atoms with Gasteiger partial charge < -0.3 is 15.5 Å². The maximum absolute atomic E-state index is 13.2. The predicted molar refractivity (Wildman–Crippen MR) is 132 cm³/mol. The molecule has 0 aliphatic heterocycles. The van der Waals surface area contributed by atoms with Gasteiger partial charge in [0.05, 0.1) is 6.04 Å². The third kappa shape index (κ3) is 4.73. The zero-order chi connectivity index (χ0) is 23.0. The first-order chi connectivity index (χ1) is 15.9. The summed E-state index contributed by atoms with van der Waals surface area (Å²) in [5.41, 5.74) is 2.79. The molecule has 4 fully saturated rings. The highest BCUT2D eigenvalue weighted by Gasteiger charge is 2.54. The van der Waals surface area contributed by atoms with Crippen LogP contribution in [0.4, 0.5) is 0 Å². The Morgan fingerprint density at radius 1 is 1.00 bits per heavy atom. The van der Waals surface area contributed by atoms with Crippen molar-refractivity contribution in [1.29, 1.82) is 0 Å². The van der Waals surface area contributed by atoms with E-state index in [1.807, 2.05) is 38.4 Å². The summed E-state index contributed by atoms with van der Waals surface area (Å²) in [5, 5.41) is 10.5. The van der Waals surface area contributed by atoms with E-state index in [0.717, 1.165) is 42.6 Å². The molecule has 4 aliphatic carbocycles. The lowest BCUT2D eigenvalue weighted by Gasteiger charge is -2.55. The molecule has 5 nitrogen and oxygen atoms in total. The molecule has 1 aromatic carbocycles. The Balaban J connectivity index is 1.14. The second-order valence-electron chi connectivity index (χ2n) is 10.8. The lowest BCUT2D eigenvalue weighted by Crippen LogP contribution is -2.53. The molecule has 6 rings (SSSR count). The van der Waals surface area contributed by atoms with Gasteiger partial charge in [0.2, 0.25) is 5.91 Å². The second-order valence-corrected chi connectivity index (χ2v) is 11.6. The van der Waals surface area contributed by atoms with Crippen LogP contribution in [0, 0.1) is 23.2 Å². The Hall–Kier alpha value is -2.18. The zero-order valence-corrected chi connectivity index (χ0v) is 20.5. The van der Waals surface area contributed by atoms with Crippen LogP contribution in [0.5, 0.6) is 0 Å². The summed E-state index contributed by atoms with van der Waals surface area (Å²) in [4.78, 5) is 28.0. The van der Waals surface area contributed by atoms with Crippen molar-refractivity contribution in [3.63, 3.8) is 0 Å². The van der Waals surface area contributed by atoms with Crippen LogP contribution in [0.2, 0.25) is 0 Å². The van der Waals surface area contributed by atoms with Crippen LogP contribution in [-0.4, -0.2) is 37.4 Å². The summed E-state index contributed by atoms with van der Waals surface area (Å²) in [7, 11) is 4.06. The summed E-state index contributed by atoms with van der Waals surface area (Å²) in [6, 6.07) is 9.88. The van der Waals surface area contributed by atoms with Gasteiger partial charge in [0.25, 0.3) is 5.91 Å². The molecule has 6 heteroatoms. The van der Waals surface area contributed by atoms with E-state index in [-0.39, 0.29) is 23.3 Å². The number of benzene rings is 1. The van der Waals surface area contributed by atoms with Gasteiger partial charge >= 0.3 is 0 Å². The molecule has 2 aromatic rings. The minimum atomic E-state index is -0.111. The van der Waals surface area contributed by atoms with E-state index in [9.17, 15) is 9.59 Å². The Morgan fingerprint density at radius 2 is 1.64 bits per heavy atom. The first kappa shape index (κ1) is 22.6. The van der Waals surface area contributed by atoms with Crippen molar-refractivity contribution >= 4 is 23.2 Å². The molecule has 1 aromatic heterocycles. The molecule has 4 bridgehead atoms. The van der Waals surface area contributed by atoms with Crippen LogP contribution >= 0.6 is 11.3 Å². The molecule has 4 aliphatic rings. The van der Waals surface area contributed by atoms with E-state index >= 15 is 0 Å². The van der Waals surface area contributed by atoms with Crippen LogP contribution in [0.25, 0.3) is 0 Å². The first-order valence-corrected chi connectivity index (χ1v) is 13.2. The fraction of sp³-hybridized carbons (Fsp3) is 0.556. The van der Waals surface area contributed by atoms with Crippen molar-refractivity contribution in [2.24, 2.45) is 23.2 Å². The summed E-state index contributed by atoms with van der Waals surface area (Å²) < 4.78 is 0. The molecule has 1 atom stereocenters. The lowest BCUT2D eigenvalue weighted by molar-refractivity contribution is -0.146. The van der Waals surface area contributed by atoms with Crippen molar-refractivity contribution in [2.75, 3.05) is 20.6 Å². The van der Waals surface area contributed by atoms with Crippen LogP contribution < -0.4 is 10.6 Å². The summed E-state index contributed by atoms with van der Waals surface area (Å²) >= 11 is 1.67. The molecule has 176 valence electrons. The standard InChI is InChI=1S/C27H35N3O2S/c1-30(2)24(23-7-8-33-17-23)16-28-25(31)22-5-3-18(4-6-22)15-29-26(32)27-12-19-9-20(13-27)11-21(10-19)14-27/h3-8,17,19-21,24H,9-16H2,1-2H3,(H,28,31)(H,29,32). The minimum Gasteiger partial charge on any atom is -0.352 e. The monoisotopic (exact) mass is 465 g/mol. The molecule has 0 spiro atoms. The maximum atomic E-state index is 13.2. The largest absolute Gasteiger partial charge is 0.352 e. The second kappa shape index (κ2) is 9.22. The Labute approximate surface area is 200 Å². The van der Waals surface area contributed by atoms with Crippen LogP contribution in [0.1, 0.15) is 66.1 Å². The van der Waals surface area contributed by atoms with Gasteiger partial charge in [-0.1, -0.05) is 12.1 Å². The number of rotatable bonds is 8. The number of carbonyl (C=O) groups excluding carboxylic acids is 2. The molecule has 0 saturated heterocycles. The smallest absolute Gasteiger partial charge is 0.251 e. The minimum absolute atomic E-state index is 0.0683. The van der Waals surface area contributed by atoms with Gasteiger partial charge in [0, 0.05) is 24.1 Å². The predicted octanol–water partition coefficient (Wildman–Crippen LogP) is 4.61. The highest BCUT2D eigenvalue weighted by Crippen LogP contribution is 2.60. The van der Waals surface area contributed by atoms with Crippen molar-refractivity contribution in [1.82, 2.24) is 15.5 Å². The SMILES string of the molecule is CN(C)C(CNC(=O)c1ccc(CNC(=O)C23CC4CC(CC(C4)C2)C3)cc1)c1ccsc1. The van der Waals surface area contributed by atoms with E-state index in [4.69, 9.17) is 0 Å². The van der Waals surface area contributed by atoms with Crippen molar-refractivity contribution in [3.8, 4) is 0 Å². The van der Waals surface area contributed by atoms with E-state index < -0.39 is 0 Å². The topological polar surface area (TPSA) is 61.4 Å². The Morgan fingerprint density at radius 3 is 2.18 bits per heavy atom. The van der Waals surface area contributed by atoms with Gasteiger partial charge in [0.1, 0.15) is 0 Å². The van der Waals surface area contributed by atoms with Gasteiger partial charge in [-0.15, -0.1) is 0 Å². The number of likely N-dealkylation sites (N-methyl/N-ethyl adjacent to an activating group) is 1. The lowest BCUT2D eigenvalue weighted by atomic mass is 9.49. The van der Waals surface area contributed by atoms with E-state index in [0.29, 0.717) is 18.7 Å². The number of carbonyl (C=O) groups is 2. The summed E-state index contributed by atoms with van der Waals surface area (Å²) in [6.45, 7) is 1.09. The number of nitrogens with one attached hydrogen (secondary N) is 2. The first-order valence-electron chi connectivity index (χ1n) is 12.3. The van der Waals surface area contributed by atoms with Crippen molar-refractivity contribution in [2.45, 2.75) is 51.1 Å². The van der Waals surface area contributed by atoms with E-state index in [1.165, 1.54) is 24.8 Å². The zero-order valence-electron chi connectivity index (χ0n) is 19.7. The molecule has 33 heavy (non-hydrogen) atoms. The highest BCUT2D eigenvalue weighted by molar-refractivity contribution is 7.08. The molecule has 2 amide bonds. The van der Waals surface area contributed by atoms with Gasteiger partial charge in [-0.3, -0.25) is 9.59 Å². The van der Waals surface area contributed by atoms with E-state index in [2.05, 4.69) is 32.4 Å². The van der Waals surface area contributed by atoms with E-state index in [1.54, 1.807) is 11.3 Å². The molecular weight excluding hydrogens is 430 g/mol. The average Bonchev–Trinajstić information content (AvgIpc) is 3.31. The highest BCUT2D eigenvalue weighted by atomic mass is 32.1. The van der Waals surface area contributed by atoms with Gasteiger partial charge in [-0.25, -0.2) is 0 Å². The number of amides is 2. The van der Waals surface area contributed by atoms with Crippen LogP contribution in [0.3, 0.4) is 0 Å². The molecule has 1 heterocycles. The Bertz CT molecular complexity index is 948. The summed E-state index contributed by atoms with van der Waals surface area (Å²) in [6.07, 6.45) is 7.30. The number of thiophene rings is 1. The average molecular weight is 466 g/mol. The third-order valence-electron chi connectivity index (χ3n) is 8.20. The molecular formula is C27H35N3O2S. The van der Waals surface area contributed by atoms with Crippen molar-refractivity contribution < 1.29 is 9.59 Å². The van der Waals surface area contributed by atoms with Gasteiger partial charge in [0.15, 0.2) is 0 Å². The molecule has 4 saturated carbocycles. The number of hydrogen-bond donors (Lipinski definition) is 2. The van der Waals surface area contributed by atoms with Crippen LogP contribution in [-0.2, 0) is 11.3 Å². The Kier molecular flexibility index (Phi) is 6.32. The van der Waals surface area contributed by atoms with Gasteiger partial charge in [-0.05, 0) is 110 Å². The fourth-order valence-electron chi connectivity index (χ4n) is 6.89. The molecule has 0 radical (unpaired) electrons. The fourth-order valence-corrected chi connectivity index (χ4v) is 7.59. The van der Waals surface area contributed by atoms with Crippen molar-refractivity contribution in [3.05, 3.63) is 57.8 Å². The number of hydrogen-bond acceptors (Lipinski definition) is 4. The maximum Gasteiger partial charge on any atom is 0.251 e. The number of nitrogens with zero attached hydrogens (tertiary/aromatic N) is 1. The third-order valence-corrected chi connectivity index (χ3v) is 8.90. The molecule has 2 N–H and O–H groups in total. The summed E-state index contributed by atoms with van der Waals surface area (Å²) in [5.74, 6) is 2.50. The normalized spacial score (nSPS) is 28.6. The van der Waals surface area contributed by atoms with Crippen LogP contribution in [0.15, 0.2) is 41.1 Å². The van der Waals surface area contributed by atoms with Gasteiger partial charge in [-0.2, -0.15) is 11.3 Å².